The highest BCUT2D eigenvalue weighted by Crippen LogP contribution is 2.14. The number of fused-ring (bicyclic) bond motifs is 1. The molecule has 4 N–H and O–H groups in total. The highest BCUT2D eigenvalue weighted by molar-refractivity contribution is 6.70. The summed E-state index contributed by atoms with van der Waals surface area (Å²) in [6, 6.07) is 0. The minimum atomic E-state index is -1.64. The first-order valence-electron chi connectivity index (χ1n) is 3.89. The Morgan fingerprint density at radius 3 is 2.86 bits per heavy atom. The second-order valence-corrected chi connectivity index (χ2v) is 2.94. The molecule has 0 amide bonds. The molecule has 0 spiro atoms. The molecule has 1 unspecified atom stereocenters. The zero-order valence-electron chi connectivity index (χ0n) is 7.43. The van der Waals surface area contributed by atoms with Gasteiger partial charge in [-0.25, -0.2) is 20.0 Å². The Bertz CT molecular complexity index is 431. The van der Waals surface area contributed by atoms with E-state index in [1.54, 1.807) is 0 Å². The van der Waals surface area contributed by atoms with Crippen LogP contribution < -0.4 is 11.5 Å². The van der Waals surface area contributed by atoms with Crippen molar-refractivity contribution in [1.29, 1.82) is 0 Å². The van der Waals surface area contributed by atoms with Crippen molar-refractivity contribution in [3.05, 3.63) is 0 Å². The summed E-state index contributed by atoms with van der Waals surface area (Å²) in [6.07, 6.45) is 1.29. The Morgan fingerprint density at radius 2 is 2.21 bits per heavy atom. The lowest BCUT2D eigenvalue weighted by atomic mass is 10.2. The molecule has 2 aliphatic rings. The minimum Gasteiger partial charge on any atom is -0.382 e. The predicted octanol–water partition coefficient (Wildman–Crippen LogP) is -1.56. The molecule has 14 heavy (non-hydrogen) atoms. The maximum absolute atomic E-state index is 11.2. The van der Waals surface area contributed by atoms with Crippen molar-refractivity contribution in [2.45, 2.75) is 12.7 Å². The van der Waals surface area contributed by atoms with E-state index < -0.39 is 11.6 Å². The van der Waals surface area contributed by atoms with Crippen molar-refractivity contribution < 1.29 is 4.79 Å². The maximum atomic E-state index is 11.2. The van der Waals surface area contributed by atoms with Crippen LogP contribution in [-0.4, -0.2) is 35.3 Å². The average molecular weight is 192 g/mol. The van der Waals surface area contributed by atoms with Crippen molar-refractivity contribution in [3.63, 3.8) is 0 Å². The van der Waals surface area contributed by atoms with Crippen LogP contribution in [0.5, 0.6) is 0 Å². The molecule has 0 saturated heterocycles. The Morgan fingerprint density at radius 1 is 1.50 bits per heavy atom. The van der Waals surface area contributed by atoms with E-state index >= 15 is 0 Å². The number of carbonyl (C=O) groups excluding carboxylic acids is 1. The SMILES string of the molecule is CC(=O)C1(N)N=C(N)C2=NC=NC2=N1. The molecule has 0 saturated carbocycles. The van der Waals surface area contributed by atoms with Gasteiger partial charge in [-0.05, 0) is 0 Å². The highest BCUT2D eigenvalue weighted by atomic mass is 16.1. The van der Waals surface area contributed by atoms with Crippen molar-refractivity contribution in [2.75, 3.05) is 0 Å². The third-order valence-electron chi connectivity index (χ3n) is 1.91. The smallest absolute Gasteiger partial charge is 0.266 e. The normalized spacial score (nSPS) is 29.1. The Labute approximate surface area is 79.3 Å². The lowest BCUT2D eigenvalue weighted by molar-refractivity contribution is -0.121. The van der Waals surface area contributed by atoms with Gasteiger partial charge in [-0.2, -0.15) is 0 Å². The van der Waals surface area contributed by atoms with E-state index in [-0.39, 0.29) is 11.7 Å². The monoisotopic (exact) mass is 192 g/mol. The summed E-state index contributed by atoms with van der Waals surface area (Å²) in [6.45, 7) is 1.29. The molecule has 0 aliphatic carbocycles. The van der Waals surface area contributed by atoms with Gasteiger partial charge < -0.3 is 5.73 Å². The summed E-state index contributed by atoms with van der Waals surface area (Å²) in [7, 11) is 0. The number of hydrogen-bond donors (Lipinski definition) is 2. The first-order valence-corrected chi connectivity index (χ1v) is 3.89. The van der Waals surface area contributed by atoms with E-state index in [0.717, 1.165) is 0 Å². The molecule has 7 heteroatoms. The second-order valence-electron chi connectivity index (χ2n) is 2.94. The van der Waals surface area contributed by atoms with Gasteiger partial charge in [-0.15, -0.1) is 0 Å². The van der Waals surface area contributed by atoms with Gasteiger partial charge >= 0.3 is 0 Å². The third-order valence-corrected chi connectivity index (χ3v) is 1.91. The molecule has 2 heterocycles. The van der Waals surface area contributed by atoms with Gasteiger partial charge in [0.15, 0.2) is 23.2 Å². The second kappa shape index (κ2) is 2.55. The summed E-state index contributed by atoms with van der Waals surface area (Å²) in [5.74, 6) is -1.69. The number of nitrogens with two attached hydrogens (primary N) is 2. The van der Waals surface area contributed by atoms with Crippen LogP contribution in [0.3, 0.4) is 0 Å². The number of rotatable bonds is 1. The van der Waals surface area contributed by atoms with Gasteiger partial charge in [0.25, 0.3) is 5.79 Å². The third kappa shape index (κ3) is 1.06. The zero-order valence-corrected chi connectivity index (χ0v) is 7.43. The Hall–Kier alpha value is -1.89. The number of hydrogen-bond acceptors (Lipinski definition) is 7. The maximum Gasteiger partial charge on any atom is 0.266 e. The molecule has 2 aliphatic heterocycles. The van der Waals surface area contributed by atoms with Gasteiger partial charge in [0.1, 0.15) is 6.34 Å². The molecule has 0 radical (unpaired) electrons. The molecule has 0 aromatic heterocycles. The summed E-state index contributed by atoms with van der Waals surface area (Å²) in [5, 5.41) is 0. The van der Waals surface area contributed by atoms with E-state index in [4.69, 9.17) is 11.5 Å². The largest absolute Gasteiger partial charge is 0.382 e. The highest BCUT2D eigenvalue weighted by Gasteiger charge is 2.36. The molecule has 2 rings (SSSR count). The van der Waals surface area contributed by atoms with Crippen LogP contribution in [-0.2, 0) is 4.79 Å². The van der Waals surface area contributed by atoms with E-state index in [1.807, 2.05) is 0 Å². The van der Waals surface area contributed by atoms with Gasteiger partial charge in [0, 0.05) is 6.92 Å². The number of ketones is 1. The van der Waals surface area contributed by atoms with Crippen LogP contribution in [0.15, 0.2) is 20.0 Å². The standard InChI is InChI=1S/C7H8N6O/c1-3(14)7(9)12-5(8)4-6(13-7)11-2-10-4/h2H,9H2,1H3,(H2,8,12). The van der Waals surface area contributed by atoms with Crippen LogP contribution in [0.2, 0.25) is 0 Å². The lowest BCUT2D eigenvalue weighted by Gasteiger charge is -2.21. The minimum absolute atomic E-state index is 0.0881. The first-order chi connectivity index (χ1) is 6.53. The summed E-state index contributed by atoms with van der Waals surface area (Å²) < 4.78 is 0. The zero-order chi connectivity index (χ0) is 10.3. The Balaban J connectivity index is 2.53. The fourth-order valence-corrected chi connectivity index (χ4v) is 1.10. The van der Waals surface area contributed by atoms with Gasteiger partial charge in [0.05, 0.1) is 0 Å². The summed E-state index contributed by atoms with van der Waals surface area (Å²) in [5.41, 5.74) is 11.5. The number of amidine groups is 2. The number of Topliss-reactive ketones (excluding diaryl/α,β-unsaturated/α-hetero) is 1. The molecule has 0 bridgehead atoms. The number of aliphatic imine (C=N–C) groups is 4. The number of carbonyl (C=O) groups is 1. The summed E-state index contributed by atoms with van der Waals surface area (Å²) >= 11 is 0. The van der Waals surface area contributed by atoms with Crippen LogP contribution in [0.25, 0.3) is 0 Å². The molecular formula is C7H8N6O. The fraction of sp³-hybridized carbons (Fsp3) is 0.286. The molecular weight excluding hydrogens is 184 g/mol. The molecule has 1 atom stereocenters. The van der Waals surface area contributed by atoms with Crippen LogP contribution >= 0.6 is 0 Å². The van der Waals surface area contributed by atoms with E-state index in [1.165, 1.54) is 13.3 Å². The number of nitrogens with zero attached hydrogens (tertiary/aromatic N) is 4. The van der Waals surface area contributed by atoms with E-state index in [0.29, 0.717) is 5.71 Å². The lowest BCUT2D eigenvalue weighted by Crippen LogP contribution is -2.50. The molecule has 0 aromatic rings. The molecule has 0 aromatic carbocycles. The van der Waals surface area contributed by atoms with Crippen LogP contribution in [0.4, 0.5) is 0 Å². The predicted molar refractivity (Wildman–Crippen MR) is 52.6 cm³/mol. The summed E-state index contributed by atoms with van der Waals surface area (Å²) in [4.78, 5) is 26.5. The quantitative estimate of drug-likeness (QED) is 0.522. The first kappa shape index (κ1) is 8.70. The average Bonchev–Trinajstić information content (AvgIpc) is 2.51. The fourth-order valence-electron chi connectivity index (χ4n) is 1.10. The van der Waals surface area contributed by atoms with Crippen molar-refractivity contribution in [1.82, 2.24) is 0 Å². The van der Waals surface area contributed by atoms with Gasteiger partial charge in [-0.3, -0.25) is 10.5 Å². The van der Waals surface area contributed by atoms with Gasteiger partial charge in [0.2, 0.25) is 0 Å². The molecule has 7 nitrogen and oxygen atoms in total. The van der Waals surface area contributed by atoms with Crippen molar-refractivity contribution in [3.8, 4) is 0 Å². The van der Waals surface area contributed by atoms with E-state index in [9.17, 15) is 4.79 Å². The van der Waals surface area contributed by atoms with Crippen LogP contribution in [0, 0.1) is 0 Å². The molecule has 72 valence electrons. The van der Waals surface area contributed by atoms with Crippen LogP contribution in [0.1, 0.15) is 6.92 Å². The van der Waals surface area contributed by atoms with Crippen molar-refractivity contribution >= 4 is 29.5 Å². The Kier molecular flexibility index (Phi) is 1.58. The van der Waals surface area contributed by atoms with E-state index in [2.05, 4.69) is 20.0 Å². The van der Waals surface area contributed by atoms with Crippen molar-refractivity contribution in [2.24, 2.45) is 31.4 Å². The van der Waals surface area contributed by atoms with Gasteiger partial charge in [-0.1, -0.05) is 0 Å². The molecule has 0 fully saturated rings. The topological polar surface area (TPSA) is 119 Å².